The van der Waals surface area contributed by atoms with Gasteiger partial charge in [-0.2, -0.15) is 0 Å². The topological polar surface area (TPSA) is 45.8 Å². The van der Waals surface area contributed by atoms with Crippen LogP contribution in [0.1, 0.15) is 23.0 Å². The van der Waals surface area contributed by atoms with Gasteiger partial charge in [0, 0.05) is 18.5 Å². The van der Waals surface area contributed by atoms with Crippen molar-refractivity contribution in [1.29, 1.82) is 0 Å². The maximum Gasteiger partial charge on any atom is 0.176 e. The molecule has 66 valence electrons. The molecule has 2 aromatic rings. The van der Waals surface area contributed by atoms with Gasteiger partial charge in [-0.25, -0.2) is 4.98 Å². The summed E-state index contributed by atoms with van der Waals surface area (Å²) in [6.45, 7) is 3.52. The average Bonchev–Trinajstić information content (AvgIpc) is 2.46. The van der Waals surface area contributed by atoms with E-state index >= 15 is 0 Å². The fourth-order valence-corrected chi connectivity index (χ4v) is 1.32. The first-order chi connectivity index (χ1) is 6.16. The van der Waals surface area contributed by atoms with E-state index in [2.05, 4.69) is 9.97 Å². The number of ketones is 1. The number of pyridine rings is 1. The molecule has 3 heteroatoms. The van der Waals surface area contributed by atoms with Crippen molar-refractivity contribution in [3.63, 3.8) is 0 Å². The molecule has 3 nitrogen and oxygen atoms in total. The summed E-state index contributed by atoms with van der Waals surface area (Å²) in [6, 6.07) is 3.84. The van der Waals surface area contributed by atoms with Gasteiger partial charge in [-0.3, -0.25) is 4.79 Å². The second kappa shape index (κ2) is 2.69. The molecule has 0 bridgehead atoms. The van der Waals surface area contributed by atoms with Crippen LogP contribution in [0.4, 0.5) is 0 Å². The summed E-state index contributed by atoms with van der Waals surface area (Å²) >= 11 is 0. The van der Waals surface area contributed by atoms with E-state index in [0.717, 1.165) is 16.6 Å². The molecule has 0 amide bonds. The van der Waals surface area contributed by atoms with Gasteiger partial charge in [0.15, 0.2) is 5.78 Å². The van der Waals surface area contributed by atoms with Crippen LogP contribution in [0.15, 0.2) is 18.3 Å². The van der Waals surface area contributed by atoms with E-state index in [1.807, 2.05) is 19.1 Å². The lowest BCUT2D eigenvalue weighted by Gasteiger charge is -1.89. The molecule has 0 spiro atoms. The minimum atomic E-state index is 0.0376. The summed E-state index contributed by atoms with van der Waals surface area (Å²) in [4.78, 5) is 18.2. The molecule has 0 aliphatic heterocycles. The van der Waals surface area contributed by atoms with Crippen molar-refractivity contribution in [1.82, 2.24) is 9.97 Å². The highest BCUT2D eigenvalue weighted by atomic mass is 16.1. The van der Waals surface area contributed by atoms with E-state index in [9.17, 15) is 4.79 Å². The normalized spacial score (nSPS) is 10.6. The lowest BCUT2D eigenvalue weighted by Crippen LogP contribution is -1.90. The van der Waals surface area contributed by atoms with Crippen molar-refractivity contribution >= 4 is 16.8 Å². The van der Waals surface area contributed by atoms with Gasteiger partial charge >= 0.3 is 0 Å². The average molecular weight is 174 g/mol. The molecule has 0 fully saturated rings. The van der Waals surface area contributed by atoms with Crippen molar-refractivity contribution < 1.29 is 4.79 Å². The minimum Gasteiger partial charge on any atom is -0.337 e. The van der Waals surface area contributed by atoms with Crippen LogP contribution in [0.25, 0.3) is 11.0 Å². The zero-order valence-electron chi connectivity index (χ0n) is 7.59. The van der Waals surface area contributed by atoms with Gasteiger partial charge in [0.05, 0.1) is 5.69 Å². The van der Waals surface area contributed by atoms with E-state index in [0.29, 0.717) is 5.69 Å². The second-order valence-electron chi connectivity index (χ2n) is 3.19. The molecule has 13 heavy (non-hydrogen) atoms. The van der Waals surface area contributed by atoms with E-state index in [4.69, 9.17) is 0 Å². The summed E-state index contributed by atoms with van der Waals surface area (Å²) in [5.41, 5.74) is 2.49. The zero-order valence-corrected chi connectivity index (χ0v) is 7.59. The first kappa shape index (κ1) is 7.98. The molecule has 2 heterocycles. The van der Waals surface area contributed by atoms with Crippen LogP contribution in [0.3, 0.4) is 0 Å². The fraction of sp³-hybridized carbons (Fsp3) is 0.200. The van der Waals surface area contributed by atoms with Crippen molar-refractivity contribution in [2.45, 2.75) is 13.8 Å². The minimum absolute atomic E-state index is 0.0376. The number of hydrogen-bond acceptors (Lipinski definition) is 2. The lowest BCUT2D eigenvalue weighted by atomic mass is 10.2. The van der Waals surface area contributed by atoms with E-state index in [-0.39, 0.29) is 5.78 Å². The van der Waals surface area contributed by atoms with Gasteiger partial charge in [0.2, 0.25) is 0 Å². The molecule has 0 saturated carbocycles. The van der Waals surface area contributed by atoms with E-state index in [1.54, 1.807) is 6.20 Å². The summed E-state index contributed by atoms with van der Waals surface area (Å²) in [5.74, 6) is 0.0376. The number of carbonyl (C=O) groups excluding carboxylic acids is 1. The predicted molar refractivity (Wildman–Crippen MR) is 50.8 cm³/mol. The molecular formula is C10H10N2O. The SMILES string of the molecule is CC(=O)c1cc2cc(C)cnc2[nH]1. The maximum atomic E-state index is 11.0. The molecule has 0 radical (unpaired) electrons. The second-order valence-corrected chi connectivity index (χ2v) is 3.19. The first-order valence-electron chi connectivity index (χ1n) is 4.13. The molecule has 2 aromatic heterocycles. The highest BCUT2D eigenvalue weighted by Gasteiger charge is 2.04. The van der Waals surface area contributed by atoms with Crippen LogP contribution in [0.2, 0.25) is 0 Å². The molecule has 0 aliphatic carbocycles. The van der Waals surface area contributed by atoms with Gasteiger partial charge in [0.1, 0.15) is 5.65 Å². The van der Waals surface area contributed by atoms with Crippen molar-refractivity contribution in [2.75, 3.05) is 0 Å². The molecule has 1 N–H and O–H groups in total. The molecule has 0 unspecified atom stereocenters. The number of nitrogens with one attached hydrogen (secondary N) is 1. The van der Waals surface area contributed by atoms with Gasteiger partial charge in [-0.15, -0.1) is 0 Å². The highest BCUT2D eigenvalue weighted by molar-refractivity contribution is 5.97. The van der Waals surface area contributed by atoms with Gasteiger partial charge in [-0.05, 0) is 24.6 Å². The van der Waals surface area contributed by atoms with Crippen LogP contribution in [0.5, 0.6) is 0 Å². The van der Waals surface area contributed by atoms with Crippen LogP contribution in [-0.4, -0.2) is 15.8 Å². The Bertz CT molecular complexity index is 471. The third-order valence-electron chi connectivity index (χ3n) is 1.99. The Morgan fingerprint density at radius 2 is 2.23 bits per heavy atom. The van der Waals surface area contributed by atoms with Crippen LogP contribution in [-0.2, 0) is 0 Å². The largest absolute Gasteiger partial charge is 0.337 e. The predicted octanol–water partition coefficient (Wildman–Crippen LogP) is 2.07. The van der Waals surface area contributed by atoms with Crippen molar-refractivity contribution in [3.8, 4) is 0 Å². The van der Waals surface area contributed by atoms with Crippen LogP contribution >= 0.6 is 0 Å². The molecule has 0 atom stereocenters. The van der Waals surface area contributed by atoms with Gasteiger partial charge in [0.25, 0.3) is 0 Å². The Balaban J connectivity index is 2.68. The Morgan fingerprint density at radius 3 is 2.92 bits per heavy atom. The summed E-state index contributed by atoms with van der Waals surface area (Å²) in [5, 5.41) is 0.991. The fourth-order valence-electron chi connectivity index (χ4n) is 1.32. The number of carbonyl (C=O) groups is 1. The standard InChI is InChI=1S/C10H10N2O/c1-6-3-8-4-9(7(2)13)12-10(8)11-5-6/h3-5H,1-2H3,(H,11,12). The van der Waals surface area contributed by atoms with Gasteiger partial charge < -0.3 is 4.98 Å². The number of rotatable bonds is 1. The number of aryl methyl sites for hydroxylation is 1. The van der Waals surface area contributed by atoms with Crippen molar-refractivity contribution in [2.24, 2.45) is 0 Å². The number of nitrogens with zero attached hydrogens (tertiary/aromatic N) is 1. The smallest absolute Gasteiger partial charge is 0.176 e. The summed E-state index contributed by atoms with van der Waals surface area (Å²) < 4.78 is 0. The monoisotopic (exact) mass is 174 g/mol. The number of H-pyrrole nitrogens is 1. The van der Waals surface area contributed by atoms with Gasteiger partial charge in [-0.1, -0.05) is 0 Å². The maximum absolute atomic E-state index is 11.0. The van der Waals surface area contributed by atoms with E-state index in [1.165, 1.54) is 6.92 Å². The van der Waals surface area contributed by atoms with E-state index < -0.39 is 0 Å². The first-order valence-corrected chi connectivity index (χ1v) is 4.13. The lowest BCUT2D eigenvalue weighted by molar-refractivity contribution is 0.101. The summed E-state index contributed by atoms with van der Waals surface area (Å²) in [7, 11) is 0. The number of aromatic amines is 1. The Labute approximate surface area is 75.8 Å². The Kier molecular flexibility index (Phi) is 1.65. The highest BCUT2D eigenvalue weighted by Crippen LogP contribution is 2.14. The number of fused-ring (bicyclic) bond motifs is 1. The molecule has 0 aliphatic rings. The third kappa shape index (κ3) is 1.33. The molecule has 2 rings (SSSR count). The molecule has 0 saturated heterocycles. The van der Waals surface area contributed by atoms with Crippen LogP contribution < -0.4 is 0 Å². The quantitative estimate of drug-likeness (QED) is 0.673. The molecular weight excluding hydrogens is 164 g/mol. The Morgan fingerprint density at radius 1 is 1.46 bits per heavy atom. The third-order valence-corrected chi connectivity index (χ3v) is 1.99. The zero-order chi connectivity index (χ0) is 9.42. The number of Topliss-reactive ketones (excluding diaryl/α,β-unsaturated/α-hetero) is 1. The Hall–Kier alpha value is -1.64. The summed E-state index contributed by atoms with van der Waals surface area (Å²) in [6.07, 6.45) is 1.78. The van der Waals surface area contributed by atoms with Crippen molar-refractivity contribution in [3.05, 3.63) is 29.6 Å². The number of aromatic nitrogens is 2. The number of hydrogen-bond donors (Lipinski definition) is 1. The van der Waals surface area contributed by atoms with Crippen LogP contribution in [0, 0.1) is 6.92 Å². The molecule has 0 aromatic carbocycles.